The van der Waals surface area contributed by atoms with Crippen LogP contribution < -0.4 is 10.2 Å². The summed E-state index contributed by atoms with van der Waals surface area (Å²) in [7, 11) is 8.31. The van der Waals surface area contributed by atoms with Gasteiger partial charge in [-0.15, -0.1) is 0 Å². The van der Waals surface area contributed by atoms with Crippen molar-refractivity contribution in [3.05, 3.63) is 29.8 Å². The highest BCUT2D eigenvalue weighted by Gasteiger charge is 2.14. The molecule has 3 heteroatoms. The van der Waals surface area contributed by atoms with Crippen molar-refractivity contribution in [2.75, 3.05) is 46.2 Å². The molecule has 0 radical (unpaired) electrons. The monoisotopic (exact) mass is 235 g/mol. The molecule has 1 aromatic carbocycles. The summed E-state index contributed by atoms with van der Waals surface area (Å²) in [5.74, 6) is 0. The van der Waals surface area contributed by atoms with Crippen LogP contribution in [0.3, 0.4) is 0 Å². The molecule has 1 rings (SSSR count). The first-order valence-corrected chi connectivity index (χ1v) is 6.22. The van der Waals surface area contributed by atoms with Gasteiger partial charge in [-0.1, -0.05) is 19.1 Å². The van der Waals surface area contributed by atoms with Crippen LogP contribution in [0.5, 0.6) is 0 Å². The third-order valence-corrected chi connectivity index (χ3v) is 3.22. The van der Waals surface area contributed by atoms with Crippen molar-refractivity contribution in [1.29, 1.82) is 0 Å². The highest BCUT2D eigenvalue weighted by Crippen LogP contribution is 2.21. The molecule has 3 nitrogen and oxygen atoms in total. The van der Waals surface area contributed by atoms with Crippen LogP contribution in [0.2, 0.25) is 0 Å². The van der Waals surface area contributed by atoms with Crippen molar-refractivity contribution in [2.24, 2.45) is 0 Å². The molecular formula is C14H25N3. The molecular weight excluding hydrogens is 210 g/mol. The summed E-state index contributed by atoms with van der Waals surface area (Å²) in [4.78, 5) is 4.49. The third-order valence-electron chi connectivity index (χ3n) is 3.22. The van der Waals surface area contributed by atoms with E-state index in [0.717, 1.165) is 13.1 Å². The summed E-state index contributed by atoms with van der Waals surface area (Å²) in [6.45, 7) is 4.23. The smallest absolute Gasteiger partial charge is 0.0469 e. The summed E-state index contributed by atoms with van der Waals surface area (Å²) >= 11 is 0. The number of benzene rings is 1. The van der Waals surface area contributed by atoms with Crippen LogP contribution in [-0.2, 0) is 0 Å². The van der Waals surface area contributed by atoms with Gasteiger partial charge in [0, 0.05) is 32.4 Å². The van der Waals surface area contributed by atoms with Gasteiger partial charge in [-0.3, -0.25) is 4.90 Å². The zero-order valence-electron chi connectivity index (χ0n) is 11.7. The van der Waals surface area contributed by atoms with Gasteiger partial charge in [-0.25, -0.2) is 0 Å². The van der Waals surface area contributed by atoms with Crippen LogP contribution in [0.15, 0.2) is 24.3 Å². The fraction of sp³-hybridized carbons (Fsp3) is 0.571. The lowest BCUT2D eigenvalue weighted by molar-refractivity contribution is 0.254. The van der Waals surface area contributed by atoms with E-state index in [2.05, 4.69) is 67.4 Å². The number of likely N-dealkylation sites (N-methyl/N-ethyl adjacent to an activating group) is 2. The molecule has 96 valence electrons. The number of hydrogen-bond acceptors (Lipinski definition) is 3. The summed E-state index contributed by atoms with van der Waals surface area (Å²) in [5, 5.41) is 3.27. The molecule has 0 saturated carbocycles. The van der Waals surface area contributed by atoms with Gasteiger partial charge in [0.15, 0.2) is 0 Å². The van der Waals surface area contributed by atoms with E-state index < -0.39 is 0 Å². The summed E-state index contributed by atoms with van der Waals surface area (Å²) in [5.41, 5.74) is 2.62. The maximum Gasteiger partial charge on any atom is 0.0469 e. The molecule has 0 aliphatic rings. The molecule has 1 unspecified atom stereocenters. The van der Waals surface area contributed by atoms with Crippen LogP contribution in [0.1, 0.15) is 18.5 Å². The topological polar surface area (TPSA) is 18.5 Å². The van der Waals surface area contributed by atoms with Crippen molar-refractivity contribution >= 4 is 5.69 Å². The Morgan fingerprint density at radius 2 is 1.71 bits per heavy atom. The Morgan fingerprint density at radius 3 is 2.12 bits per heavy atom. The van der Waals surface area contributed by atoms with Gasteiger partial charge in [-0.2, -0.15) is 0 Å². The van der Waals surface area contributed by atoms with E-state index in [-0.39, 0.29) is 0 Å². The minimum Gasteiger partial charge on any atom is -0.378 e. The molecule has 0 aliphatic heterocycles. The van der Waals surface area contributed by atoms with Gasteiger partial charge in [-0.05, 0) is 38.3 Å². The number of rotatable bonds is 6. The Balaban J connectivity index is 2.87. The van der Waals surface area contributed by atoms with Gasteiger partial charge >= 0.3 is 0 Å². The lowest BCUT2D eigenvalue weighted by Crippen LogP contribution is -2.31. The van der Waals surface area contributed by atoms with Crippen molar-refractivity contribution < 1.29 is 0 Å². The number of nitrogens with one attached hydrogen (secondary N) is 1. The van der Waals surface area contributed by atoms with Crippen molar-refractivity contribution in [3.63, 3.8) is 0 Å². The van der Waals surface area contributed by atoms with Crippen LogP contribution in [-0.4, -0.2) is 46.2 Å². The zero-order valence-corrected chi connectivity index (χ0v) is 11.7. The van der Waals surface area contributed by atoms with E-state index >= 15 is 0 Å². The maximum absolute atomic E-state index is 3.27. The molecule has 0 saturated heterocycles. The highest BCUT2D eigenvalue weighted by atomic mass is 15.1. The number of anilines is 1. The Morgan fingerprint density at radius 1 is 1.12 bits per heavy atom. The first-order chi connectivity index (χ1) is 8.10. The quantitative estimate of drug-likeness (QED) is 0.813. The van der Waals surface area contributed by atoms with Crippen molar-refractivity contribution in [2.45, 2.75) is 13.0 Å². The molecule has 1 atom stereocenters. The SMILES string of the molecule is CCN(C)C(CNC)c1ccc(N(C)C)cc1. The second-order valence-electron chi connectivity index (χ2n) is 4.63. The molecule has 0 spiro atoms. The first-order valence-electron chi connectivity index (χ1n) is 6.22. The minimum absolute atomic E-state index is 0.446. The van der Waals surface area contributed by atoms with E-state index in [4.69, 9.17) is 0 Å². The fourth-order valence-corrected chi connectivity index (χ4v) is 1.94. The van der Waals surface area contributed by atoms with E-state index in [9.17, 15) is 0 Å². The molecule has 0 aromatic heterocycles. The Hall–Kier alpha value is -1.06. The first kappa shape index (κ1) is 14.0. The summed E-state index contributed by atoms with van der Waals surface area (Å²) in [6, 6.07) is 9.26. The lowest BCUT2D eigenvalue weighted by atomic mass is 10.0. The number of hydrogen-bond donors (Lipinski definition) is 1. The Kier molecular flexibility index (Phi) is 5.45. The molecule has 17 heavy (non-hydrogen) atoms. The molecule has 1 aromatic rings. The molecule has 0 fully saturated rings. The standard InChI is InChI=1S/C14H25N3/c1-6-17(5)14(11-15-2)12-7-9-13(10-8-12)16(3)4/h7-10,14-15H,6,11H2,1-5H3. The molecule has 0 heterocycles. The largest absolute Gasteiger partial charge is 0.378 e. The van der Waals surface area contributed by atoms with Gasteiger partial charge in [0.2, 0.25) is 0 Å². The van der Waals surface area contributed by atoms with Crippen LogP contribution >= 0.6 is 0 Å². The Labute approximate surface area is 105 Å². The summed E-state index contributed by atoms with van der Waals surface area (Å²) in [6.07, 6.45) is 0. The molecule has 0 aliphatic carbocycles. The van der Waals surface area contributed by atoms with Crippen LogP contribution in [0.25, 0.3) is 0 Å². The lowest BCUT2D eigenvalue weighted by Gasteiger charge is -2.27. The van der Waals surface area contributed by atoms with Crippen molar-refractivity contribution in [3.8, 4) is 0 Å². The average molecular weight is 235 g/mol. The maximum atomic E-state index is 3.27. The molecule has 1 N–H and O–H groups in total. The van der Waals surface area contributed by atoms with E-state index in [1.807, 2.05) is 7.05 Å². The van der Waals surface area contributed by atoms with Gasteiger partial charge in [0.05, 0.1) is 0 Å². The fourth-order valence-electron chi connectivity index (χ4n) is 1.94. The number of nitrogens with zero attached hydrogens (tertiary/aromatic N) is 2. The van der Waals surface area contributed by atoms with E-state index in [0.29, 0.717) is 6.04 Å². The molecule has 0 bridgehead atoms. The predicted octanol–water partition coefficient (Wildman–Crippen LogP) is 1.96. The molecule has 0 amide bonds. The normalized spacial score (nSPS) is 12.8. The summed E-state index contributed by atoms with van der Waals surface area (Å²) < 4.78 is 0. The predicted molar refractivity (Wildman–Crippen MR) is 75.7 cm³/mol. The average Bonchev–Trinajstić information content (AvgIpc) is 2.35. The second kappa shape index (κ2) is 6.62. The van der Waals surface area contributed by atoms with Gasteiger partial charge < -0.3 is 10.2 Å². The van der Waals surface area contributed by atoms with Crippen molar-refractivity contribution in [1.82, 2.24) is 10.2 Å². The highest BCUT2D eigenvalue weighted by molar-refractivity contribution is 5.46. The van der Waals surface area contributed by atoms with Crippen LogP contribution in [0.4, 0.5) is 5.69 Å². The second-order valence-corrected chi connectivity index (χ2v) is 4.63. The van der Waals surface area contributed by atoms with Crippen LogP contribution in [0, 0.1) is 0 Å². The van der Waals surface area contributed by atoms with Gasteiger partial charge in [0.25, 0.3) is 0 Å². The third kappa shape index (κ3) is 3.72. The van der Waals surface area contributed by atoms with Gasteiger partial charge in [0.1, 0.15) is 0 Å². The van der Waals surface area contributed by atoms with E-state index in [1.165, 1.54) is 11.3 Å². The van der Waals surface area contributed by atoms with E-state index in [1.54, 1.807) is 0 Å². The minimum atomic E-state index is 0.446. The zero-order chi connectivity index (χ0) is 12.8. The Bertz CT molecular complexity index is 319.